The molecule has 0 aliphatic rings. The van der Waals surface area contributed by atoms with Crippen molar-refractivity contribution >= 4 is 0 Å². The molecule has 1 aromatic carbocycles. The van der Waals surface area contributed by atoms with Crippen LogP contribution in [0, 0.1) is 12.7 Å². The van der Waals surface area contributed by atoms with E-state index < -0.39 is 6.10 Å². The predicted molar refractivity (Wildman–Crippen MR) is 68.7 cm³/mol. The Kier molecular flexibility index (Phi) is 4.05. The first-order valence-electron chi connectivity index (χ1n) is 6.01. The van der Waals surface area contributed by atoms with E-state index in [9.17, 15) is 9.50 Å². The van der Waals surface area contributed by atoms with Gasteiger partial charge < -0.3 is 5.11 Å². The molecular weight excluding hydrogens is 229 g/mol. The normalized spacial score (nSPS) is 12.4. The fourth-order valence-corrected chi connectivity index (χ4v) is 1.90. The topological polar surface area (TPSA) is 33.1 Å². The summed E-state index contributed by atoms with van der Waals surface area (Å²) in [6, 6.07) is 10.4. The lowest BCUT2D eigenvalue weighted by Gasteiger charge is -2.12. The summed E-state index contributed by atoms with van der Waals surface area (Å²) in [5.41, 5.74) is 2.22. The first-order valence-corrected chi connectivity index (χ1v) is 6.01. The maximum atomic E-state index is 13.6. The second-order valence-electron chi connectivity index (χ2n) is 4.40. The molecular formula is C15H16FNO. The number of nitrogens with zero attached hydrogens (tertiary/aromatic N) is 1. The van der Waals surface area contributed by atoms with Gasteiger partial charge >= 0.3 is 0 Å². The zero-order valence-electron chi connectivity index (χ0n) is 10.3. The van der Waals surface area contributed by atoms with Crippen molar-refractivity contribution in [3.8, 4) is 0 Å². The average Bonchev–Trinajstić information content (AvgIpc) is 2.40. The summed E-state index contributed by atoms with van der Waals surface area (Å²) in [7, 11) is 0. The largest absolute Gasteiger partial charge is 0.388 e. The fraction of sp³-hybridized carbons (Fsp3) is 0.267. The smallest absolute Gasteiger partial charge is 0.129 e. The molecule has 0 amide bonds. The third kappa shape index (κ3) is 3.14. The summed E-state index contributed by atoms with van der Waals surface area (Å²) in [4.78, 5) is 4.18. The summed E-state index contributed by atoms with van der Waals surface area (Å²) in [5, 5.41) is 10.0. The molecule has 1 aromatic heterocycles. The van der Waals surface area contributed by atoms with Gasteiger partial charge in [0.05, 0.1) is 6.10 Å². The average molecular weight is 245 g/mol. The number of halogens is 1. The van der Waals surface area contributed by atoms with Gasteiger partial charge in [0, 0.05) is 17.5 Å². The van der Waals surface area contributed by atoms with Gasteiger partial charge in [-0.05, 0) is 38.0 Å². The molecule has 1 heterocycles. The van der Waals surface area contributed by atoms with E-state index in [4.69, 9.17) is 0 Å². The Morgan fingerprint density at radius 2 is 2.11 bits per heavy atom. The highest BCUT2D eigenvalue weighted by Crippen LogP contribution is 2.22. The molecule has 0 bridgehead atoms. The zero-order chi connectivity index (χ0) is 13.0. The molecule has 1 atom stereocenters. The van der Waals surface area contributed by atoms with E-state index in [2.05, 4.69) is 4.98 Å². The molecule has 2 rings (SSSR count). The van der Waals surface area contributed by atoms with Crippen LogP contribution < -0.4 is 0 Å². The van der Waals surface area contributed by atoms with Gasteiger partial charge in [0.15, 0.2) is 0 Å². The highest BCUT2D eigenvalue weighted by Gasteiger charge is 2.13. The lowest BCUT2D eigenvalue weighted by molar-refractivity contribution is 0.163. The maximum Gasteiger partial charge on any atom is 0.129 e. The van der Waals surface area contributed by atoms with Gasteiger partial charge in [0.2, 0.25) is 0 Å². The van der Waals surface area contributed by atoms with E-state index in [0.29, 0.717) is 18.4 Å². The minimum atomic E-state index is -0.785. The van der Waals surface area contributed by atoms with Gasteiger partial charge in [-0.3, -0.25) is 4.98 Å². The molecule has 0 spiro atoms. The molecule has 0 radical (unpaired) electrons. The first kappa shape index (κ1) is 12.7. The van der Waals surface area contributed by atoms with Gasteiger partial charge in [-0.1, -0.05) is 23.8 Å². The highest BCUT2D eigenvalue weighted by atomic mass is 19.1. The molecule has 0 saturated heterocycles. The van der Waals surface area contributed by atoms with E-state index >= 15 is 0 Å². The number of aromatic nitrogens is 1. The van der Waals surface area contributed by atoms with Crippen LogP contribution in [0.3, 0.4) is 0 Å². The Balaban J connectivity index is 2.03. The summed E-state index contributed by atoms with van der Waals surface area (Å²) >= 11 is 0. The number of aliphatic hydroxyl groups excluding tert-OH is 1. The molecule has 3 heteroatoms. The lowest BCUT2D eigenvalue weighted by atomic mass is 10.0. The monoisotopic (exact) mass is 245 g/mol. The molecule has 1 N–H and O–H groups in total. The minimum absolute atomic E-state index is 0.353. The Hall–Kier alpha value is -1.74. The lowest BCUT2D eigenvalue weighted by Crippen LogP contribution is -2.03. The number of hydrogen-bond acceptors (Lipinski definition) is 2. The fourth-order valence-electron chi connectivity index (χ4n) is 1.90. The number of aliphatic hydroxyl groups is 1. The summed E-state index contributed by atoms with van der Waals surface area (Å²) in [5.74, 6) is -0.353. The molecule has 0 saturated carbocycles. The summed E-state index contributed by atoms with van der Waals surface area (Å²) < 4.78 is 13.6. The van der Waals surface area contributed by atoms with Crippen LogP contribution in [0.15, 0.2) is 42.6 Å². The van der Waals surface area contributed by atoms with E-state index in [1.54, 1.807) is 18.3 Å². The SMILES string of the molecule is Cc1ccc(F)c(C(O)CCc2ccccn2)c1. The third-order valence-corrected chi connectivity index (χ3v) is 2.91. The molecule has 0 aliphatic carbocycles. The highest BCUT2D eigenvalue weighted by molar-refractivity contribution is 5.26. The van der Waals surface area contributed by atoms with Crippen molar-refractivity contribution in [3.05, 3.63) is 65.2 Å². The van der Waals surface area contributed by atoms with E-state index in [-0.39, 0.29) is 5.82 Å². The van der Waals surface area contributed by atoms with Crippen molar-refractivity contribution in [2.75, 3.05) is 0 Å². The van der Waals surface area contributed by atoms with Gasteiger partial charge in [-0.2, -0.15) is 0 Å². The second-order valence-corrected chi connectivity index (χ2v) is 4.40. The third-order valence-electron chi connectivity index (χ3n) is 2.91. The van der Waals surface area contributed by atoms with Crippen LogP contribution in [-0.2, 0) is 6.42 Å². The Morgan fingerprint density at radius 3 is 2.83 bits per heavy atom. The molecule has 0 fully saturated rings. The van der Waals surface area contributed by atoms with Crippen LogP contribution in [0.1, 0.15) is 29.3 Å². The van der Waals surface area contributed by atoms with Crippen molar-refractivity contribution in [1.82, 2.24) is 4.98 Å². The van der Waals surface area contributed by atoms with Crippen LogP contribution in [0.25, 0.3) is 0 Å². The number of hydrogen-bond donors (Lipinski definition) is 1. The Morgan fingerprint density at radius 1 is 1.28 bits per heavy atom. The van der Waals surface area contributed by atoms with Crippen LogP contribution in [0.5, 0.6) is 0 Å². The van der Waals surface area contributed by atoms with Gasteiger partial charge in [0.25, 0.3) is 0 Å². The number of aryl methyl sites for hydroxylation is 2. The molecule has 1 unspecified atom stereocenters. The quantitative estimate of drug-likeness (QED) is 0.897. The van der Waals surface area contributed by atoms with Gasteiger partial charge in [-0.25, -0.2) is 4.39 Å². The van der Waals surface area contributed by atoms with Crippen molar-refractivity contribution in [2.24, 2.45) is 0 Å². The van der Waals surface area contributed by atoms with Crippen molar-refractivity contribution in [2.45, 2.75) is 25.9 Å². The first-order chi connectivity index (χ1) is 8.66. The van der Waals surface area contributed by atoms with Gasteiger partial charge in [-0.15, -0.1) is 0 Å². The molecule has 2 nitrogen and oxygen atoms in total. The van der Waals surface area contributed by atoms with Gasteiger partial charge in [0.1, 0.15) is 5.82 Å². The maximum absolute atomic E-state index is 13.6. The zero-order valence-corrected chi connectivity index (χ0v) is 10.3. The Labute approximate surface area is 106 Å². The van der Waals surface area contributed by atoms with E-state index in [1.165, 1.54) is 6.07 Å². The number of rotatable bonds is 4. The van der Waals surface area contributed by atoms with Crippen LogP contribution in [0.2, 0.25) is 0 Å². The molecule has 94 valence electrons. The second kappa shape index (κ2) is 5.74. The minimum Gasteiger partial charge on any atom is -0.388 e. The Bertz CT molecular complexity index is 513. The van der Waals surface area contributed by atoms with Crippen LogP contribution in [0.4, 0.5) is 4.39 Å². The van der Waals surface area contributed by atoms with Crippen LogP contribution in [-0.4, -0.2) is 10.1 Å². The molecule has 2 aromatic rings. The summed E-state index contributed by atoms with van der Waals surface area (Å²) in [6.45, 7) is 1.88. The number of pyridine rings is 1. The van der Waals surface area contributed by atoms with Crippen LogP contribution >= 0.6 is 0 Å². The van der Waals surface area contributed by atoms with E-state index in [0.717, 1.165) is 11.3 Å². The molecule has 18 heavy (non-hydrogen) atoms. The standard InChI is InChI=1S/C15H16FNO/c1-11-5-7-14(16)13(10-11)15(18)8-6-12-4-2-3-9-17-12/h2-5,7,9-10,15,18H,6,8H2,1H3. The predicted octanol–water partition coefficient (Wildman–Crippen LogP) is 3.20. The van der Waals surface area contributed by atoms with Crippen molar-refractivity contribution in [3.63, 3.8) is 0 Å². The molecule has 0 aliphatic heterocycles. The van der Waals surface area contributed by atoms with Crippen molar-refractivity contribution < 1.29 is 9.50 Å². The van der Waals surface area contributed by atoms with E-state index in [1.807, 2.05) is 25.1 Å². The van der Waals surface area contributed by atoms with Crippen molar-refractivity contribution in [1.29, 1.82) is 0 Å². The summed E-state index contributed by atoms with van der Waals surface area (Å²) in [6.07, 6.45) is 2.04. The number of benzene rings is 1.